The number of hydrogen-bond acceptors (Lipinski definition) is 6. The van der Waals surface area contributed by atoms with Crippen molar-refractivity contribution in [3.63, 3.8) is 0 Å². The summed E-state index contributed by atoms with van der Waals surface area (Å²) in [5.74, 6) is -1.32. The minimum Gasteiger partial charge on any atom is -0.508 e. The van der Waals surface area contributed by atoms with E-state index in [1.54, 1.807) is 12.2 Å². The predicted molar refractivity (Wildman–Crippen MR) is 98.5 cm³/mol. The lowest BCUT2D eigenvalue weighted by Crippen LogP contribution is -2.04. The molecular weight excluding hydrogens is 336 g/mol. The zero-order valence-electron chi connectivity index (χ0n) is 14.2. The summed E-state index contributed by atoms with van der Waals surface area (Å²) < 4.78 is 5.72. The summed E-state index contributed by atoms with van der Waals surface area (Å²) in [6.45, 7) is 3.89. The summed E-state index contributed by atoms with van der Waals surface area (Å²) in [5.41, 5.74) is -0.263. The molecule has 0 amide bonds. The molecule has 26 heavy (non-hydrogen) atoms. The third-order valence-electron chi connectivity index (χ3n) is 3.92. The van der Waals surface area contributed by atoms with E-state index in [0.29, 0.717) is 5.56 Å². The summed E-state index contributed by atoms with van der Waals surface area (Å²) in [4.78, 5) is 12.6. The van der Waals surface area contributed by atoms with Crippen LogP contribution in [0.4, 0.5) is 0 Å². The number of allylic oxidation sites excluding steroid dienone is 1. The maximum absolute atomic E-state index is 12.6. The van der Waals surface area contributed by atoms with E-state index in [1.165, 1.54) is 24.3 Å². The molecule has 6 nitrogen and oxygen atoms in total. The van der Waals surface area contributed by atoms with Gasteiger partial charge in [-0.25, -0.2) is 0 Å². The quantitative estimate of drug-likeness (QED) is 0.567. The molecule has 0 saturated carbocycles. The van der Waals surface area contributed by atoms with Crippen molar-refractivity contribution < 1.29 is 24.8 Å². The van der Waals surface area contributed by atoms with Crippen molar-refractivity contribution in [2.75, 3.05) is 0 Å². The first kappa shape index (κ1) is 17.4. The van der Waals surface area contributed by atoms with Gasteiger partial charge in [-0.2, -0.15) is 0 Å². The van der Waals surface area contributed by atoms with Gasteiger partial charge in [0.25, 0.3) is 0 Å². The zero-order chi connectivity index (χ0) is 19.0. The largest absolute Gasteiger partial charge is 0.508 e. The van der Waals surface area contributed by atoms with Crippen LogP contribution in [0.1, 0.15) is 19.4 Å². The number of aromatic hydroxyl groups is 4. The van der Waals surface area contributed by atoms with Crippen molar-refractivity contribution in [3.05, 3.63) is 52.2 Å². The van der Waals surface area contributed by atoms with Crippen LogP contribution in [0, 0.1) is 5.92 Å². The Balaban J connectivity index is 2.39. The Bertz CT molecular complexity index is 1060. The monoisotopic (exact) mass is 354 g/mol. The maximum Gasteiger partial charge on any atom is 0.238 e. The number of phenolic OH excluding ortho intramolecular Hbond substituents is 3. The fourth-order valence-corrected chi connectivity index (χ4v) is 2.60. The number of benzene rings is 2. The second-order valence-electron chi connectivity index (χ2n) is 6.29. The van der Waals surface area contributed by atoms with Gasteiger partial charge in [-0.1, -0.05) is 26.0 Å². The molecule has 3 aromatic rings. The summed E-state index contributed by atoms with van der Waals surface area (Å²) >= 11 is 0. The highest BCUT2D eigenvalue weighted by Gasteiger charge is 2.21. The van der Waals surface area contributed by atoms with E-state index in [4.69, 9.17) is 4.42 Å². The second kappa shape index (κ2) is 6.48. The molecule has 0 fully saturated rings. The second-order valence-corrected chi connectivity index (χ2v) is 6.29. The molecule has 0 unspecified atom stereocenters. The van der Waals surface area contributed by atoms with Gasteiger partial charge in [-0.3, -0.25) is 4.79 Å². The molecule has 0 aliphatic rings. The van der Waals surface area contributed by atoms with Gasteiger partial charge < -0.3 is 24.8 Å². The van der Waals surface area contributed by atoms with Crippen LogP contribution in [0.25, 0.3) is 28.4 Å². The van der Waals surface area contributed by atoms with E-state index in [-0.39, 0.29) is 39.7 Å². The summed E-state index contributed by atoms with van der Waals surface area (Å²) in [6, 6.07) is 6.77. The van der Waals surface area contributed by atoms with Crippen LogP contribution >= 0.6 is 0 Å². The normalized spacial score (nSPS) is 11.7. The van der Waals surface area contributed by atoms with Crippen LogP contribution in [0.5, 0.6) is 23.0 Å². The minimum atomic E-state index is -0.814. The van der Waals surface area contributed by atoms with Crippen molar-refractivity contribution >= 4 is 17.0 Å². The third-order valence-corrected chi connectivity index (χ3v) is 3.92. The van der Waals surface area contributed by atoms with Crippen molar-refractivity contribution in [2.24, 2.45) is 5.92 Å². The van der Waals surface area contributed by atoms with Gasteiger partial charge in [0.1, 0.15) is 22.6 Å². The molecular formula is C20H18O6. The molecule has 0 aliphatic carbocycles. The highest BCUT2D eigenvalue weighted by Crippen LogP contribution is 2.39. The number of fused-ring (bicyclic) bond motifs is 1. The molecule has 1 aromatic heterocycles. The lowest BCUT2D eigenvalue weighted by Gasteiger charge is -2.11. The standard InChI is InChI=1S/C20H18O6/c1-10(2)3-8-13-14(22)9-15(23)16-17(24)18(25)19(26-20(13)16)11-4-6-12(21)7-5-11/h3-10,21-23,25H,1-2H3/b8-3+. The van der Waals surface area contributed by atoms with Gasteiger partial charge in [0, 0.05) is 11.6 Å². The fourth-order valence-electron chi connectivity index (χ4n) is 2.60. The van der Waals surface area contributed by atoms with Gasteiger partial charge in [0.05, 0.1) is 5.56 Å². The molecule has 0 atom stereocenters. The van der Waals surface area contributed by atoms with Crippen LogP contribution in [-0.4, -0.2) is 20.4 Å². The average Bonchev–Trinajstić information content (AvgIpc) is 2.57. The van der Waals surface area contributed by atoms with Crippen LogP contribution < -0.4 is 5.43 Å². The molecule has 4 N–H and O–H groups in total. The Kier molecular flexibility index (Phi) is 4.34. The lowest BCUT2D eigenvalue weighted by molar-refractivity contribution is 0.437. The maximum atomic E-state index is 12.6. The van der Waals surface area contributed by atoms with Crippen LogP contribution in [0.2, 0.25) is 0 Å². The number of rotatable bonds is 3. The number of phenols is 3. The third kappa shape index (κ3) is 2.97. The van der Waals surface area contributed by atoms with Gasteiger partial charge in [0.15, 0.2) is 11.3 Å². The molecule has 0 radical (unpaired) electrons. The van der Waals surface area contributed by atoms with Crippen LogP contribution in [0.3, 0.4) is 0 Å². The Labute approximate surface area is 148 Å². The van der Waals surface area contributed by atoms with Crippen molar-refractivity contribution in [1.29, 1.82) is 0 Å². The first-order chi connectivity index (χ1) is 12.3. The topological polar surface area (TPSA) is 111 Å². The molecule has 6 heteroatoms. The first-order valence-electron chi connectivity index (χ1n) is 8.02. The first-order valence-corrected chi connectivity index (χ1v) is 8.02. The predicted octanol–water partition coefficient (Wildman–Crippen LogP) is 3.95. The highest BCUT2D eigenvalue weighted by molar-refractivity contribution is 5.94. The van der Waals surface area contributed by atoms with Gasteiger partial charge in [-0.05, 0) is 30.2 Å². The summed E-state index contributed by atoms with van der Waals surface area (Å²) in [7, 11) is 0. The van der Waals surface area contributed by atoms with Crippen molar-refractivity contribution in [3.8, 4) is 34.3 Å². The van der Waals surface area contributed by atoms with Crippen molar-refractivity contribution in [1.82, 2.24) is 0 Å². The number of hydrogen-bond donors (Lipinski definition) is 4. The van der Waals surface area contributed by atoms with Gasteiger partial charge in [-0.15, -0.1) is 0 Å². The summed E-state index contributed by atoms with van der Waals surface area (Å²) in [6.07, 6.45) is 3.40. The van der Waals surface area contributed by atoms with Crippen molar-refractivity contribution in [2.45, 2.75) is 13.8 Å². The Morgan fingerprint density at radius 1 is 1.00 bits per heavy atom. The lowest BCUT2D eigenvalue weighted by atomic mass is 10.0. The molecule has 134 valence electrons. The molecule has 0 bridgehead atoms. The fraction of sp³-hybridized carbons (Fsp3) is 0.150. The molecule has 0 aliphatic heterocycles. The van der Waals surface area contributed by atoms with E-state index >= 15 is 0 Å². The molecule has 1 heterocycles. The molecule has 0 saturated heterocycles. The minimum absolute atomic E-state index is 0.0206. The van der Waals surface area contributed by atoms with Crippen LogP contribution in [0.15, 0.2) is 45.6 Å². The zero-order valence-corrected chi connectivity index (χ0v) is 14.2. The molecule has 2 aromatic carbocycles. The van der Waals surface area contributed by atoms with Gasteiger partial charge >= 0.3 is 0 Å². The van der Waals surface area contributed by atoms with Gasteiger partial charge in [0.2, 0.25) is 11.2 Å². The van der Waals surface area contributed by atoms with E-state index < -0.39 is 16.9 Å². The van der Waals surface area contributed by atoms with E-state index in [2.05, 4.69) is 0 Å². The average molecular weight is 354 g/mol. The smallest absolute Gasteiger partial charge is 0.238 e. The highest BCUT2D eigenvalue weighted by atomic mass is 16.4. The Hall–Kier alpha value is -3.41. The van der Waals surface area contributed by atoms with Crippen LogP contribution in [-0.2, 0) is 0 Å². The molecule has 0 spiro atoms. The summed E-state index contributed by atoms with van der Waals surface area (Å²) in [5, 5.41) is 39.7. The van der Waals surface area contributed by atoms with E-state index in [9.17, 15) is 25.2 Å². The van der Waals surface area contributed by atoms with E-state index in [1.807, 2.05) is 13.8 Å². The SMILES string of the molecule is CC(C)/C=C/c1c(O)cc(O)c2c(=O)c(O)c(-c3ccc(O)cc3)oc12. The Morgan fingerprint density at radius 2 is 1.65 bits per heavy atom. The molecule has 3 rings (SSSR count). The Morgan fingerprint density at radius 3 is 2.27 bits per heavy atom. The van der Waals surface area contributed by atoms with E-state index in [0.717, 1.165) is 6.07 Å².